The van der Waals surface area contributed by atoms with Crippen molar-refractivity contribution in [3.63, 3.8) is 0 Å². The lowest BCUT2D eigenvalue weighted by Gasteiger charge is -2.24. The fourth-order valence-electron chi connectivity index (χ4n) is 8.38. The summed E-state index contributed by atoms with van der Waals surface area (Å²) in [6, 6.07) is 69.6. The van der Waals surface area contributed by atoms with E-state index in [0.717, 1.165) is 45.0 Å². The van der Waals surface area contributed by atoms with E-state index in [-0.39, 0.29) is 5.41 Å². The number of aromatic nitrogens is 2. The highest BCUT2D eigenvalue weighted by Gasteiger charge is 2.40. The molecular weight excluding hydrogens is 665 g/mol. The van der Waals surface area contributed by atoms with Gasteiger partial charge in [0.15, 0.2) is 5.82 Å². The molecule has 2 heteroatoms. The predicted octanol–water partition coefficient (Wildman–Crippen LogP) is 13.9. The average molecular weight is 703 g/mol. The van der Waals surface area contributed by atoms with Crippen LogP contribution < -0.4 is 0 Å². The number of nitrogens with zero attached hydrogens (tertiary/aromatic N) is 2. The van der Waals surface area contributed by atoms with Crippen LogP contribution in [0.3, 0.4) is 0 Å². The Morgan fingerprint density at radius 3 is 1.25 bits per heavy atom. The number of hydrogen-bond donors (Lipinski definition) is 0. The monoisotopic (exact) mass is 702 g/mol. The second-order valence-corrected chi connectivity index (χ2v) is 15.0. The summed E-state index contributed by atoms with van der Waals surface area (Å²) in [5.74, 6) is 0.725. The third kappa shape index (κ3) is 5.84. The highest BCUT2D eigenvalue weighted by atomic mass is 14.9. The second-order valence-electron chi connectivity index (χ2n) is 15.0. The zero-order chi connectivity index (χ0) is 36.9. The van der Waals surface area contributed by atoms with Crippen molar-refractivity contribution in [2.45, 2.75) is 19.3 Å². The van der Waals surface area contributed by atoms with Crippen LogP contribution in [0.15, 0.2) is 194 Å². The molecule has 0 aliphatic heterocycles. The van der Waals surface area contributed by atoms with Gasteiger partial charge in [-0.25, -0.2) is 9.97 Å². The van der Waals surface area contributed by atoms with Crippen molar-refractivity contribution in [2.75, 3.05) is 0 Å². The summed E-state index contributed by atoms with van der Waals surface area (Å²) in [5, 5.41) is 2.45. The summed E-state index contributed by atoms with van der Waals surface area (Å²) >= 11 is 0. The third-order valence-corrected chi connectivity index (χ3v) is 11.2. The van der Waals surface area contributed by atoms with E-state index in [4.69, 9.17) is 9.97 Å². The standard InChI is InChI=1S/C53H38N2/c1-53(2)48-34-44-20-10-9-19-43(44)33-47(48)51-49(53)50(45-27-13-25-41(31-45)39-23-11-21-37(29-39)35-15-5-3-6-16-35)54-52(55-51)46-28-14-26-42(32-46)40-24-12-22-38(30-40)36-17-7-4-8-18-36/h3-34H,1-2H3. The number of fused-ring (bicyclic) bond motifs is 4. The van der Waals surface area contributed by atoms with Crippen molar-refractivity contribution < 1.29 is 0 Å². The minimum atomic E-state index is -0.314. The summed E-state index contributed by atoms with van der Waals surface area (Å²) in [4.78, 5) is 11.0. The van der Waals surface area contributed by atoms with Gasteiger partial charge in [-0.15, -0.1) is 0 Å². The fourth-order valence-corrected chi connectivity index (χ4v) is 8.38. The average Bonchev–Trinajstić information content (AvgIpc) is 3.48. The SMILES string of the molecule is CC1(C)c2cc3ccccc3cc2-c2nc(-c3cccc(-c4cccc(-c5ccccc5)c4)c3)nc(-c3cccc(-c4cccc(-c5ccccc5)c4)c3)c21. The highest BCUT2D eigenvalue weighted by molar-refractivity contribution is 5.95. The zero-order valence-electron chi connectivity index (χ0n) is 30.9. The first-order valence-electron chi connectivity index (χ1n) is 19.0. The van der Waals surface area contributed by atoms with Crippen LogP contribution in [0.25, 0.3) is 89.2 Å². The summed E-state index contributed by atoms with van der Waals surface area (Å²) in [6.45, 7) is 4.65. The molecule has 2 nitrogen and oxygen atoms in total. The molecule has 0 saturated heterocycles. The molecule has 260 valence electrons. The van der Waals surface area contributed by atoms with E-state index in [1.165, 1.54) is 55.3 Å². The van der Waals surface area contributed by atoms with Gasteiger partial charge in [-0.05, 0) is 97.2 Å². The molecule has 0 atom stereocenters. The topological polar surface area (TPSA) is 25.8 Å². The Hall–Kier alpha value is -6.90. The molecule has 1 aliphatic rings. The summed E-state index contributed by atoms with van der Waals surface area (Å²) < 4.78 is 0. The molecule has 0 spiro atoms. The molecule has 10 rings (SSSR count). The molecule has 0 saturated carbocycles. The smallest absolute Gasteiger partial charge is 0.160 e. The number of rotatable bonds is 6. The van der Waals surface area contributed by atoms with Gasteiger partial charge in [-0.1, -0.05) is 172 Å². The van der Waals surface area contributed by atoms with E-state index in [1.54, 1.807) is 0 Å². The fraction of sp³-hybridized carbons (Fsp3) is 0.0566. The lowest BCUT2D eigenvalue weighted by Crippen LogP contribution is -2.17. The molecule has 0 amide bonds. The van der Waals surface area contributed by atoms with Crippen LogP contribution in [0.2, 0.25) is 0 Å². The molecule has 0 bridgehead atoms. The maximum absolute atomic E-state index is 5.52. The largest absolute Gasteiger partial charge is 0.228 e. The first kappa shape index (κ1) is 32.7. The van der Waals surface area contributed by atoms with E-state index in [0.29, 0.717) is 0 Å². The van der Waals surface area contributed by atoms with Gasteiger partial charge >= 0.3 is 0 Å². The Morgan fingerprint density at radius 1 is 0.327 bits per heavy atom. The van der Waals surface area contributed by atoms with Gasteiger partial charge < -0.3 is 0 Å². The van der Waals surface area contributed by atoms with Gasteiger partial charge in [0.05, 0.1) is 11.4 Å². The van der Waals surface area contributed by atoms with E-state index < -0.39 is 0 Å². The highest BCUT2D eigenvalue weighted by Crippen LogP contribution is 2.52. The van der Waals surface area contributed by atoms with Crippen LogP contribution in [0.5, 0.6) is 0 Å². The number of benzene rings is 8. The predicted molar refractivity (Wildman–Crippen MR) is 230 cm³/mol. The normalized spacial score (nSPS) is 12.7. The van der Waals surface area contributed by atoms with Gasteiger partial charge in [0, 0.05) is 27.7 Å². The quantitative estimate of drug-likeness (QED) is 0.172. The lowest BCUT2D eigenvalue weighted by atomic mass is 9.80. The maximum Gasteiger partial charge on any atom is 0.160 e. The molecule has 0 fully saturated rings. The molecule has 8 aromatic carbocycles. The number of hydrogen-bond acceptors (Lipinski definition) is 2. The van der Waals surface area contributed by atoms with Gasteiger partial charge in [0.25, 0.3) is 0 Å². The van der Waals surface area contributed by atoms with E-state index in [1.807, 2.05) is 0 Å². The Labute approximate surface area is 322 Å². The van der Waals surface area contributed by atoms with Crippen LogP contribution in [0.1, 0.15) is 25.0 Å². The van der Waals surface area contributed by atoms with Gasteiger partial charge in [0.1, 0.15) is 0 Å². The van der Waals surface area contributed by atoms with Crippen molar-refractivity contribution in [1.29, 1.82) is 0 Å². The van der Waals surface area contributed by atoms with Crippen molar-refractivity contribution in [2.24, 2.45) is 0 Å². The molecule has 1 aliphatic carbocycles. The molecule has 0 unspecified atom stereocenters. The summed E-state index contributed by atoms with van der Waals surface area (Å²) in [5.41, 5.74) is 16.8. The first-order chi connectivity index (χ1) is 27.0. The van der Waals surface area contributed by atoms with Crippen molar-refractivity contribution in [3.8, 4) is 78.4 Å². The molecule has 9 aromatic rings. The van der Waals surface area contributed by atoms with E-state index >= 15 is 0 Å². The Morgan fingerprint density at radius 2 is 0.709 bits per heavy atom. The van der Waals surface area contributed by atoms with Crippen LogP contribution in [-0.4, -0.2) is 9.97 Å². The van der Waals surface area contributed by atoms with Crippen LogP contribution in [0.4, 0.5) is 0 Å². The van der Waals surface area contributed by atoms with Crippen molar-refractivity contribution >= 4 is 10.8 Å². The Bertz CT molecular complexity index is 2890. The Kier molecular flexibility index (Phi) is 7.85. The zero-order valence-corrected chi connectivity index (χ0v) is 30.9. The maximum atomic E-state index is 5.52. The molecule has 0 N–H and O–H groups in total. The molecule has 55 heavy (non-hydrogen) atoms. The van der Waals surface area contributed by atoms with Crippen LogP contribution >= 0.6 is 0 Å². The minimum absolute atomic E-state index is 0.314. The second kappa shape index (κ2) is 13.2. The first-order valence-corrected chi connectivity index (χ1v) is 19.0. The van der Waals surface area contributed by atoms with Gasteiger partial charge in [-0.3, -0.25) is 0 Å². The van der Waals surface area contributed by atoms with Crippen LogP contribution in [0, 0.1) is 0 Å². The van der Waals surface area contributed by atoms with E-state index in [2.05, 4.69) is 208 Å². The van der Waals surface area contributed by atoms with E-state index in [9.17, 15) is 0 Å². The molecule has 1 heterocycles. The molecule has 1 aromatic heterocycles. The summed E-state index contributed by atoms with van der Waals surface area (Å²) in [6.07, 6.45) is 0. The third-order valence-electron chi connectivity index (χ3n) is 11.2. The van der Waals surface area contributed by atoms with Crippen molar-refractivity contribution in [1.82, 2.24) is 9.97 Å². The summed E-state index contributed by atoms with van der Waals surface area (Å²) in [7, 11) is 0. The molecular formula is C53H38N2. The van der Waals surface area contributed by atoms with Gasteiger partial charge in [-0.2, -0.15) is 0 Å². The van der Waals surface area contributed by atoms with Gasteiger partial charge in [0.2, 0.25) is 0 Å². The lowest BCUT2D eigenvalue weighted by molar-refractivity contribution is 0.658. The molecule has 0 radical (unpaired) electrons. The minimum Gasteiger partial charge on any atom is -0.228 e. The van der Waals surface area contributed by atoms with Crippen LogP contribution in [-0.2, 0) is 5.41 Å². The Balaban J connectivity index is 1.15. The van der Waals surface area contributed by atoms with Crippen molar-refractivity contribution in [3.05, 3.63) is 205 Å².